The maximum absolute atomic E-state index is 12.5. The van der Waals surface area contributed by atoms with Crippen molar-refractivity contribution in [2.45, 2.75) is 11.8 Å². The van der Waals surface area contributed by atoms with E-state index < -0.39 is 10.0 Å². The topological polar surface area (TPSA) is 89.0 Å². The van der Waals surface area contributed by atoms with Gasteiger partial charge in [0.05, 0.1) is 21.6 Å². The summed E-state index contributed by atoms with van der Waals surface area (Å²) in [6.45, 7) is 1.39. The monoisotopic (exact) mass is 327 g/mol. The van der Waals surface area contributed by atoms with Crippen LogP contribution >= 0.6 is 0 Å². The standard InChI is InChI=1S/C16H13N3O3S/c1-11(20)12-3-2-4-14(9-12)23(21,22)19-13-5-6-15-16(10-13)18-8-7-17-15/h2-10,19H,1H3. The lowest BCUT2D eigenvalue weighted by Crippen LogP contribution is -2.13. The minimum absolute atomic E-state index is 0.0319. The number of benzene rings is 2. The molecule has 0 saturated heterocycles. The average Bonchev–Trinajstić information content (AvgIpc) is 2.54. The number of carbonyl (C=O) groups is 1. The fourth-order valence-corrected chi connectivity index (χ4v) is 3.22. The predicted molar refractivity (Wildman–Crippen MR) is 86.8 cm³/mol. The van der Waals surface area contributed by atoms with Crippen molar-refractivity contribution in [3.63, 3.8) is 0 Å². The third-order valence-electron chi connectivity index (χ3n) is 3.27. The highest BCUT2D eigenvalue weighted by Gasteiger charge is 2.16. The molecule has 0 amide bonds. The van der Waals surface area contributed by atoms with Crippen molar-refractivity contribution in [2.75, 3.05) is 4.72 Å². The number of anilines is 1. The minimum atomic E-state index is -3.79. The van der Waals surface area contributed by atoms with Crippen molar-refractivity contribution < 1.29 is 13.2 Å². The minimum Gasteiger partial charge on any atom is -0.295 e. The van der Waals surface area contributed by atoms with Crippen molar-refractivity contribution in [3.8, 4) is 0 Å². The highest BCUT2D eigenvalue weighted by Crippen LogP contribution is 2.20. The van der Waals surface area contributed by atoms with E-state index in [0.29, 0.717) is 22.3 Å². The SMILES string of the molecule is CC(=O)c1cccc(S(=O)(=O)Nc2ccc3nccnc3c2)c1. The second-order valence-corrected chi connectivity index (χ2v) is 6.63. The van der Waals surface area contributed by atoms with Gasteiger partial charge >= 0.3 is 0 Å². The molecule has 7 heteroatoms. The lowest BCUT2D eigenvalue weighted by atomic mass is 10.2. The highest BCUT2D eigenvalue weighted by molar-refractivity contribution is 7.92. The van der Waals surface area contributed by atoms with Gasteiger partial charge in [-0.2, -0.15) is 0 Å². The van der Waals surface area contributed by atoms with E-state index in [-0.39, 0.29) is 10.7 Å². The Morgan fingerprint density at radius 1 is 1.00 bits per heavy atom. The van der Waals surface area contributed by atoms with Crippen LogP contribution in [-0.4, -0.2) is 24.2 Å². The lowest BCUT2D eigenvalue weighted by molar-refractivity contribution is 0.101. The summed E-state index contributed by atoms with van der Waals surface area (Å²) in [4.78, 5) is 19.7. The van der Waals surface area contributed by atoms with Gasteiger partial charge < -0.3 is 0 Å². The fraction of sp³-hybridized carbons (Fsp3) is 0.0625. The zero-order chi connectivity index (χ0) is 16.4. The molecule has 6 nitrogen and oxygen atoms in total. The molecule has 23 heavy (non-hydrogen) atoms. The van der Waals surface area contributed by atoms with Crippen molar-refractivity contribution in [1.82, 2.24) is 9.97 Å². The van der Waals surface area contributed by atoms with Gasteiger partial charge in [0.2, 0.25) is 0 Å². The van der Waals surface area contributed by atoms with Gasteiger partial charge in [0.25, 0.3) is 10.0 Å². The quantitative estimate of drug-likeness (QED) is 0.744. The molecule has 0 aliphatic heterocycles. The van der Waals surface area contributed by atoms with Crippen molar-refractivity contribution >= 4 is 32.5 Å². The van der Waals surface area contributed by atoms with E-state index in [1.807, 2.05) is 0 Å². The first-order chi connectivity index (χ1) is 11.0. The van der Waals surface area contributed by atoms with Gasteiger partial charge in [-0.3, -0.25) is 19.5 Å². The summed E-state index contributed by atoms with van der Waals surface area (Å²) in [7, 11) is -3.79. The molecule has 0 radical (unpaired) electrons. The van der Waals surface area contributed by atoms with Crippen LogP contribution in [0.2, 0.25) is 0 Å². The van der Waals surface area contributed by atoms with Crippen LogP contribution in [0.4, 0.5) is 5.69 Å². The van der Waals surface area contributed by atoms with Gasteiger partial charge in [0, 0.05) is 18.0 Å². The summed E-state index contributed by atoms with van der Waals surface area (Å²) >= 11 is 0. The third-order valence-corrected chi connectivity index (χ3v) is 4.65. The first kappa shape index (κ1) is 15.1. The van der Waals surface area contributed by atoms with E-state index in [2.05, 4.69) is 14.7 Å². The number of carbonyl (C=O) groups excluding carboxylic acids is 1. The summed E-state index contributed by atoms with van der Waals surface area (Å²) in [5, 5.41) is 0. The number of sulfonamides is 1. The van der Waals surface area contributed by atoms with Gasteiger partial charge in [-0.05, 0) is 37.3 Å². The Morgan fingerprint density at radius 2 is 1.74 bits per heavy atom. The van der Waals surface area contributed by atoms with E-state index >= 15 is 0 Å². The molecule has 0 atom stereocenters. The number of aromatic nitrogens is 2. The molecule has 3 aromatic rings. The van der Waals surface area contributed by atoms with Crippen LogP contribution in [0.25, 0.3) is 11.0 Å². The number of Topliss-reactive ketones (excluding diaryl/α,β-unsaturated/α-hetero) is 1. The highest BCUT2D eigenvalue weighted by atomic mass is 32.2. The van der Waals surface area contributed by atoms with Crippen LogP contribution in [0.15, 0.2) is 59.8 Å². The Bertz CT molecular complexity index is 1000. The molecule has 116 valence electrons. The molecule has 0 saturated carbocycles. The molecule has 0 spiro atoms. The molecule has 0 aliphatic rings. The number of nitrogens with one attached hydrogen (secondary N) is 1. The molecule has 3 rings (SSSR count). The van der Waals surface area contributed by atoms with E-state index in [1.165, 1.54) is 31.3 Å². The third kappa shape index (κ3) is 3.19. The number of rotatable bonds is 4. The number of ketones is 1. The summed E-state index contributed by atoms with van der Waals surface area (Å²) in [6.07, 6.45) is 3.11. The number of fused-ring (bicyclic) bond motifs is 1. The van der Waals surface area contributed by atoms with Gasteiger partial charge in [-0.25, -0.2) is 8.42 Å². The molecule has 0 unspecified atom stereocenters. The largest absolute Gasteiger partial charge is 0.295 e. The Labute approximate surface area is 133 Å². The van der Waals surface area contributed by atoms with E-state index in [9.17, 15) is 13.2 Å². The zero-order valence-electron chi connectivity index (χ0n) is 12.2. The van der Waals surface area contributed by atoms with E-state index in [1.54, 1.807) is 30.5 Å². The van der Waals surface area contributed by atoms with Gasteiger partial charge in [0.15, 0.2) is 5.78 Å². The summed E-state index contributed by atoms with van der Waals surface area (Å²) in [6, 6.07) is 10.8. The molecule has 1 aromatic heterocycles. The maximum Gasteiger partial charge on any atom is 0.261 e. The van der Waals surface area contributed by atoms with E-state index in [4.69, 9.17) is 0 Å². The van der Waals surface area contributed by atoms with Crippen molar-refractivity contribution in [1.29, 1.82) is 0 Å². The number of hydrogen-bond acceptors (Lipinski definition) is 5. The lowest BCUT2D eigenvalue weighted by Gasteiger charge is -2.09. The Morgan fingerprint density at radius 3 is 2.48 bits per heavy atom. The van der Waals surface area contributed by atoms with Crippen molar-refractivity contribution in [2.24, 2.45) is 0 Å². The Balaban J connectivity index is 1.96. The second-order valence-electron chi connectivity index (χ2n) is 4.95. The van der Waals surface area contributed by atoms with Crippen LogP contribution in [0.1, 0.15) is 17.3 Å². The zero-order valence-corrected chi connectivity index (χ0v) is 13.0. The van der Waals surface area contributed by atoms with Crippen molar-refractivity contribution in [3.05, 3.63) is 60.4 Å². The summed E-state index contributed by atoms with van der Waals surface area (Å²) in [5.41, 5.74) is 1.99. The second kappa shape index (κ2) is 5.77. The Hall–Kier alpha value is -2.80. The van der Waals surface area contributed by atoms with Crippen LogP contribution in [-0.2, 0) is 10.0 Å². The Kier molecular flexibility index (Phi) is 3.79. The molecule has 0 fully saturated rings. The van der Waals surface area contributed by atoms with E-state index in [0.717, 1.165) is 0 Å². The first-order valence-electron chi connectivity index (χ1n) is 6.80. The normalized spacial score (nSPS) is 11.3. The van der Waals surface area contributed by atoms with Gasteiger partial charge in [-0.15, -0.1) is 0 Å². The molecular weight excluding hydrogens is 314 g/mol. The maximum atomic E-state index is 12.5. The van der Waals surface area contributed by atoms with Crippen LogP contribution in [0, 0.1) is 0 Å². The molecule has 0 bridgehead atoms. The first-order valence-corrected chi connectivity index (χ1v) is 8.29. The smallest absolute Gasteiger partial charge is 0.261 e. The molecule has 2 aromatic carbocycles. The average molecular weight is 327 g/mol. The van der Waals surface area contributed by atoms with Gasteiger partial charge in [0.1, 0.15) is 0 Å². The molecular formula is C16H13N3O3S. The number of nitrogens with zero attached hydrogens (tertiary/aromatic N) is 2. The molecule has 1 N–H and O–H groups in total. The molecule has 1 heterocycles. The predicted octanol–water partition coefficient (Wildman–Crippen LogP) is 2.63. The van der Waals surface area contributed by atoms with Crippen LogP contribution < -0.4 is 4.72 Å². The van der Waals surface area contributed by atoms with Crippen LogP contribution in [0.5, 0.6) is 0 Å². The van der Waals surface area contributed by atoms with Crippen LogP contribution in [0.3, 0.4) is 0 Å². The molecule has 0 aliphatic carbocycles. The number of hydrogen-bond donors (Lipinski definition) is 1. The van der Waals surface area contributed by atoms with Gasteiger partial charge in [-0.1, -0.05) is 12.1 Å². The summed E-state index contributed by atoms with van der Waals surface area (Å²) in [5.74, 6) is -0.192. The summed E-state index contributed by atoms with van der Waals surface area (Å²) < 4.78 is 27.4. The fourth-order valence-electron chi connectivity index (χ4n) is 2.12.